The summed E-state index contributed by atoms with van der Waals surface area (Å²) < 4.78 is 8.06. The third-order valence-corrected chi connectivity index (χ3v) is 8.17. The minimum absolute atomic E-state index is 0.235. The van der Waals surface area contributed by atoms with E-state index in [-0.39, 0.29) is 6.04 Å². The summed E-state index contributed by atoms with van der Waals surface area (Å²) >= 11 is 13.2. The van der Waals surface area contributed by atoms with Gasteiger partial charge in [-0.1, -0.05) is 29.3 Å². The Hall–Kier alpha value is -2.54. The number of likely N-dealkylation sites (tertiary alicyclic amines) is 1. The highest BCUT2D eigenvalue weighted by atomic mass is 35.5. The van der Waals surface area contributed by atoms with Crippen molar-refractivity contribution in [1.82, 2.24) is 14.7 Å². The molecule has 1 N–H and O–H groups in total. The van der Waals surface area contributed by atoms with Gasteiger partial charge in [-0.3, -0.25) is 14.4 Å². The molecule has 36 heavy (non-hydrogen) atoms. The highest BCUT2D eigenvalue weighted by Crippen LogP contribution is 2.38. The first kappa shape index (κ1) is 25.1. The predicted molar refractivity (Wildman–Crippen MR) is 144 cm³/mol. The Morgan fingerprint density at radius 2 is 2.00 bits per heavy atom. The Morgan fingerprint density at radius 1 is 1.19 bits per heavy atom. The van der Waals surface area contributed by atoms with Crippen LogP contribution in [-0.2, 0) is 17.8 Å². The van der Waals surface area contributed by atoms with Gasteiger partial charge in [-0.05, 0) is 99.2 Å². The molecule has 3 aromatic rings. The van der Waals surface area contributed by atoms with Crippen molar-refractivity contribution >= 4 is 45.1 Å². The van der Waals surface area contributed by atoms with E-state index in [4.69, 9.17) is 27.9 Å². The molecule has 1 fully saturated rings. The molecule has 0 bridgehead atoms. The SMILES string of the molecule is CC(C)n1nc(Cl)c2cc(COc3ccc4c(c3)CCC(CN3CCC(C)(C(=O)O)C3)=C4Cl)ccc21. The van der Waals surface area contributed by atoms with Gasteiger partial charge in [0.15, 0.2) is 5.15 Å². The summed E-state index contributed by atoms with van der Waals surface area (Å²) in [4.78, 5) is 13.8. The Labute approximate surface area is 221 Å². The quantitative estimate of drug-likeness (QED) is 0.377. The summed E-state index contributed by atoms with van der Waals surface area (Å²) in [6.07, 6.45) is 2.42. The van der Waals surface area contributed by atoms with Gasteiger partial charge in [0.05, 0.1) is 10.9 Å². The molecule has 0 radical (unpaired) electrons. The topological polar surface area (TPSA) is 67.6 Å². The molecule has 6 nitrogen and oxygen atoms in total. The number of aliphatic carboxylic acids is 1. The van der Waals surface area contributed by atoms with Crippen LogP contribution in [0.2, 0.25) is 5.15 Å². The Kier molecular flexibility index (Phi) is 6.79. The van der Waals surface area contributed by atoms with Gasteiger partial charge in [-0.2, -0.15) is 5.10 Å². The van der Waals surface area contributed by atoms with Crippen LogP contribution in [0.25, 0.3) is 15.9 Å². The van der Waals surface area contributed by atoms with Crippen molar-refractivity contribution in [3.05, 3.63) is 63.8 Å². The lowest BCUT2D eigenvalue weighted by molar-refractivity contribution is -0.147. The van der Waals surface area contributed by atoms with Crippen molar-refractivity contribution in [2.45, 2.75) is 52.7 Å². The number of carboxylic acid groups (broad SMARTS) is 1. The van der Waals surface area contributed by atoms with E-state index in [1.165, 1.54) is 11.1 Å². The lowest BCUT2D eigenvalue weighted by Gasteiger charge is -2.25. The zero-order valence-corrected chi connectivity index (χ0v) is 22.4. The van der Waals surface area contributed by atoms with Gasteiger partial charge in [0, 0.05) is 29.5 Å². The highest BCUT2D eigenvalue weighted by Gasteiger charge is 2.40. The fourth-order valence-electron chi connectivity index (χ4n) is 5.25. The Balaban J connectivity index is 1.27. The summed E-state index contributed by atoms with van der Waals surface area (Å²) in [6.45, 7) is 8.50. The smallest absolute Gasteiger partial charge is 0.310 e. The van der Waals surface area contributed by atoms with E-state index in [0.29, 0.717) is 24.7 Å². The lowest BCUT2D eigenvalue weighted by Crippen LogP contribution is -2.32. The first-order chi connectivity index (χ1) is 17.1. The van der Waals surface area contributed by atoms with E-state index in [0.717, 1.165) is 58.7 Å². The molecule has 1 unspecified atom stereocenters. The van der Waals surface area contributed by atoms with Crippen LogP contribution in [-0.4, -0.2) is 45.4 Å². The van der Waals surface area contributed by atoms with Gasteiger partial charge in [0.25, 0.3) is 0 Å². The molecular weight excluding hydrogens is 497 g/mol. The largest absolute Gasteiger partial charge is 0.489 e. The Bertz CT molecular complexity index is 1360. The monoisotopic (exact) mass is 527 g/mol. The second kappa shape index (κ2) is 9.73. The van der Waals surface area contributed by atoms with Crippen LogP contribution < -0.4 is 4.74 Å². The molecule has 1 saturated heterocycles. The summed E-state index contributed by atoms with van der Waals surface area (Å²) in [5.74, 6) is 0.0859. The second-order valence-electron chi connectivity index (χ2n) is 10.5. The van der Waals surface area contributed by atoms with Gasteiger partial charge < -0.3 is 9.84 Å². The number of ether oxygens (including phenoxy) is 1. The summed E-state index contributed by atoms with van der Waals surface area (Å²) in [6, 6.07) is 12.4. The normalized spacial score (nSPS) is 20.4. The third-order valence-electron chi connectivity index (χ3n) is 7.42. The Morgan fingerprint density at radius 3 is 2.72 bits per heavy atom. The van der Waals surface area contributed by atoms with Crippen molar-refractivity contribution < 1.29 is 14.6 Å². The molecule has 2 aromatic carbocycles. The van der Waals surface area contributed by atoms with Crippen molar-refractivity contribution in [2.24, 2.45) is 5.41 Å². The van der Waals surface area contributed by atoms with Crippen LogP contribution in [0, 0.1) is 5.41 Å². The van der Waals surface area contributed by atoms with Crippen LogP contribution in [0.3, 0.4) is 0 Å². The zero-order chi connectivity index (χ0) is 25.6. The van der Waals surface area contributed by atoms with Crippen molar-refractivity contribution in [3.63, 3.8) is 0 Å². The van der Waals surface area contributed by atoms with Gasteiger partial charge in [0.2, 0.25) is 0 Å². The van der Waals surface area contributed by atoms with E-state index in [2.05, 4.69) is 36.0 Å². The molecule has 8 heteroatoms. The van der Waals surface area contributed by atoms with Gasteiger partial charge >= 0.3 is 5.97 Å². The first-order valence-electron chi connectivity index (χ1n) is 12.4. The van der Waals surface area contributed by atoms with Crippen LogP contribution in [0.1, 0.15) is 56.3 Å². The number of rotatable bonds is 7. The molecule has 2 aliphatic rings. The molecule has 5 rings (SSSR count). The maximum Gasteiger partial charge on any atom is 0.310 e. The van der Waals surface area contributed by atoms with Crippen LogP contribution in [0.4, 0.5) is 0 Å². The summed E-state index contributed by atoms with van der Waals surface area (Å²) in [5, 5.41) is 16.2. The maximum atomic E-state index is 11.6. The zero-order valence-electron chi connectivity index (χ0n) is 20.9. The molecule has 1 atom stereocenters. The number of hydrogen-bond acceptors (Lipinski definition) is 4. The fraction of sp³-hybridized carbons (Fsp3) is 0.429. The first-order valence-corrected chi connectivity index (χ1v) is 13.2. The fourth-order valence-corrected chi connectivity index (χ4v) is 5.82. The maximum absolute atomic E-state index is 11.6. The molecule has 1 aliphatic carbocycles. The number of aromatic nitrogens is 2. The molecule has 1 aliphatic heterocycles. The average Bonchev–Trinajstić information content (AvgIpc) is 3.40. The van der Waals surface area contributed by atoms with Gasteiger partial charge in [-0.15, -0.1) is 0 Å². The van der Waals surface area contributed by atoms with Crippen molar-refractivity contribution in [3.8, 4) is 5.75 Å². The number of halogens is 2. The number of hydrogen-bond donors (Lipinski definition) is 1. The number of aryl methyl sites for hydroxylation is 1. The molecular formula is C28H31Cl2N3O3. The third kappa shape index (κ3) is 4.74. The van der Waals surface area contributed by atoms with Gasteiger partial charge in [-0.25, -0.2) is 0 Å². The van der Waals surface area contributed by atoms with E-state index < -0.39 is 11.4 Å². The molecule has 0 amide bonds. The minimum atomic E-state index is -0.722. The van der Waals surface area contributed by atoms with E-state index in [1.807, 2.05) is 35.9 Å². The van der Waals surface area contributed by atoms with Gasteiger partial charge in [0.1, 0.15) is 12.4 Å². The molecule has 0 spiro atoms. The molecule has 1 aromatic heterocycles. The van der Waals surface area contributed by atoms with E-state index in [1.54, 1.807) is 0 Å². The van der Waals surface area contributed by atoms with Crippen LogP contribution >= 0.6 is 23.2 Å². The summed E-state index contributed by atoms with van der Waals surface area (Å²) in [7, 11) is 0. The van der Waals surface area contributed by atoms with E-state index >= 15 is 0 Å². The average molecular weight is 528 g/mol. The van der Waals surface area contributed by atoms with Crippen LogP contribution in [0.15, 0.2) is 42.0 Å². The number of carbonyl (C=O) groups is 1. The van der Waals surface area contributed by atoms with Crippen molar-refractivity contribution in [1.29, 1.82) is 0 Å². The number of carboxylic acids is 1. The number of benzene rings is 2. The predicted octanol–water partition coefficient (Wildman–Crippen LogP) is 6.54. The van der Waals surface area contributed by atoms with Crippen molar-refractivity contribution in [2.75, 3.05) is 19.6 Å². The van der Waals surface area contributed by atoms with E-state index in [9.17, 15) is 9.90 Å². The molecule has 2 heterocycles. The number of nitrogens with zero attached hydrogens (tertiary/aromatic N) is 3. The van der Waals surface area contributed by atoms with Crippen LogP contribution in [0.5, 0.6) is 5.75 Å². The minimum Gasteiger partial charge on any atom is -0.489 e. The number of fused-ring (bicyclic) bond motifs is 2. The molecule has 0 saturated carbocycles. The second-order valence-corrected chi connectivity index (χ2v) is 11.3. The summed E-state index contributed by atoms with van der Waals surface area (Å²) in [5.41, 5.74) is 4.78. The standard InChI is InChI=1S/C28H31Cl2N3O3/c1-17(2)33-24-9-4-18(12-23(24)26(30)31-33)15-36-21-7-8-22-19(13-21)5-6-20(25(22)29)14-32-11-10-28(3,16-32)27(34)35/h4,7-9,12-13,17H,5-6,10-11,14-16H2,1-3H3,(H,34,35). The lowest BCUT2D eigenvalue weighted by atomic mass is 9.90. The highest BCUT2D eigenvalue weighted by molar-refractivity contribution is 6.49. The molecule has 190 valence electrons.